The molecule has 1 heterocycles. The monoisotopic (exact) mass is 269 g/mol. The van der Waals surface area contributed by atoms with Gasteiger partial charge in [-0.25, -0.2) is 9.18 Å². The number of carbonyl (C=O) groups excluding carboxylic acids is 1. The molecular weight excluding hydrogens is 257 g/mol. The van der Waals surface area contributed by atoms with E-state index in [1.54, 1.807) is 0 Å². The quantitative estimate of drug-likeness (QED) is 0.817. The molecule has 2 unspecified atom stereocenters. The summed E-state index contributed by atoms with van der Waals surface area (Å²) < 4.78 is 12.8. The summed E-state index contributed by atoms with van der Waals surface area (Å²) in [6, 6.07) is 4.06. The molecular formula is C12H12FNO3S. The zero-order valence-corrected chi connectivity index (χ0v) is 10.3. The number of benzene rings is 1. The zero-order chi connectivity index (χ0) is 13.3. The standard InChI is InChI=1S/C12H12FNO3S/c13-8-3-1-7(2-4-8)11(12(16)17)14-6-9(18)5-10(14)15/h1-4,9,11,18H,5-6H2,(H,16,17). The van der Waals surface area contributed by atoms with E-state index in [0.717, 1.165) is 0 Å². The van der Waals surface area contributed by atoms with E-state index in [1.165, 1.54) is 29.2 Å². The van der Waals surface area contributed by atoms with Crippen LogP contribution in [0.25, 0.3) is 0 Å². The minimum atomic E-state index is -1.13. The molecule has 0 spiro atoms. The Morgan fingerprint density at radius 3 is 2.50 bits per heavy atom. The number of hydrogen-bond acceptors (Lipinski definition) is 3. The molecule has 96 valence electrons. The van der Waals surface area contributed by atoms with Crippen molar-refractivity contribution in [2.24, 2.45) is 0 Å². The maximum absolute atomic E-state index is 12.8. The highest BCUT2D eigenvalue weighted by Gasteiger charge is 2.37. The molecule has 0 aromatic heterocycles. The van der Waals surface area contributed by atoms with Gasteiger partial charge in [-0.3, -0.25) is 4.79 Å². The molecule has 1 aliphatic rings. The van der Waals surface area contributed by atoms with Gasteiger partial charge in [-0.05, 0) is 17.7 Å². The number of nitrogens with zero attached hydrogens (tertiary/aromatic N) is 1. The van der Waals surface area contributed by atoms with Gasteiger partial charge in [0.05, 0.1) is 0 Å². The molecule has 1 aromatic rings. The highest BCUT2D eigenvalue weighted by atomic mass is 32.1. The third kappa shape index (κ3) is 2.48. The zero-order valence-electron chi connectivity index (χ0n) is 9.41. The van der Waals surface area contributed by atoms with Gasteiger partial charge in [0.15, 0.2) is 6.04 Å². The van der Waals surface area contributed by atoms with E-state index >= 15 is 0 Å². The topological polar surface area (TPSA) is 57.6 Å². The van der Waals surface area contributed by atoms with Crippen molar-refractivity contribution >= 4 is 24.5 Å². The predicted octanol–water partition coefficient (Wildman–Crippen LogP) is 1.48. The number of rotatable bonds is 3. The van der Waals surface area contributed by atoms with Crippen LogP contribution >= 0.6 is 12.6 Å². The van der Waals surface area contributed by atoms with Gasteiger partial charge in [0, 0.05) is 18.2 Å². The van der Waals surface area contributed by atoms with Crippen LogP contribution in [0, 0.1) is 5.82 Å². The van der Waals surface area contributed by atoms with Crippen LogP contribution in [0.4, 0.5) is 4.39 Å². The number of likely N-dealkylation sites (tertiary alicyclic amines) is 1. The Hall–Kier alpha value is -1.56. The van der Waals surface area contributed by atoms with Gasteiger partial charge in [0.1, 0.15) is 5.82 Å². The second-order valence-corrected chi connectivity index (χ2v) is 4.93. The molecule has 1 fully saturated rings. The Labute approximate surface area is 109 Å². The Morgan fingerprint density at radius 2 is 2.06 bits per heavy atom. The number of thiol groups is 1. The molecule has 0 radical (unpaired) electrons. The van der Waals surface area contributed by atoms with E-state index in [1.807, 2.05) is 0 Å². The minimum absolute atomic E-state index is 0.153. The molecule has 2 atom stereocenters. The summed E-state index contributed by atoms with van der Waals surface area (Å²) in [4.78, 5) is 24.3. The first-order valence-electron chi connectivity index (χ1n) is 5.45. The number of aliphatic carboxylic acids is 1. The van der Waals surface area contributed by atoms with Crippen molar-refractivity contribution in [2.45, 2.75) is 17.7 Å². The average Bonchev–Trinajstić information content (AvgIpc) is 2.61. The van der Waals surface area contributed by atoms with Crippen molar-refractivity contribution in [1.82, 2.24) is 4.90 Å². The number of carboxylic acids is 1. The molecule has 0 saturated carbocycles. The summed E-state index contributed by atoms with van der Waals surface area (Å²) in [6.07, 6.45) is 0.230. The first-order valence-corrected chi connectivity index (χ1v) is 5.96. The summed E-state index contributed by atoms with van der Waals surface area (Å²) in [6.45, 7) is 0.288. The lowest BCUT2D eigenvalue weighted by molar-refractivity contribution is -0.148. The minimum Gasteiger partial charge on any atom is -0.479 e. The summed E-state index contributed by atoms with van der Waals surface area (Å²) in [5.74, 6) is -1.81. The lowest BCUT2D eigenvalue weighted by atomic mass is 10.1. The van der Waals surface area contributed by atoms with Crippen LogP contribution < -0.4 is 0 Å². The van der Waals surface area contributed by atoms with Gasteiger partial charge in [0.25, 0.3) is 0 Å². The SMILES string of the molecule is O=C(O)C(c1ccc(F)cc1)N1CC(S)CC1=O. The van der Waals surface area contributed by atoms with E-state index in [2.05, 4.69) is 12.6 Å². The highest BCUT2D eigenvalue weighted by molar-refractivity contribution is 7.81. The van der Waals surface area contributed by atoms with Crippen molar-refractivity contribution in [1.29, 1.82) is 0 Å². The molecule has 0 aliphatic carbocycles. The van der Waals surface area contributed by atoms with Crippen molar-refractivity contribution in [3.63, 3.8) is 0 Å². The van der Waals surface area contributed by atoms with Crippen molar-refractivity contribution in [2.75, 3.05) is 6.54 Å². The van der Waals surface area contributed by atoms with Gasteiger partial charge in [-0.1, -0.05) is 12.1 Å². The van der Waals surface area contributed by atoms with Crippen LogP contribution in [0.1, 0.15) is 18.0 Å². The molecule has 1 amide bonds. The van der Waals surface area contributed by atoms with Gasteiger partial charge >= 0.3 is 5.97 Å². The number of amides is 1. The second-order valence-electron chi connectivity index (χ2n) is 4.20. The summed E-state index contributed by atoms with van der Waals surface area (Å²) in [5.41, 5.74) is 0.389. The number of hydrogen-bond donors (Lipinski definition) is 2. The third-order valence-electron chi connectivity index (χ3n) is 2.87. The molecule has 6 heteroatoms. The van der Waals surface area contributed by atoms with E-state index in [-0.39, 0.29) is 24.1 Å². The van der Waals surface area contributed by atoms with Crippen LogP contribution in [0.2, 0.25) is 0 Å². The van der Waals surface area contributed by atoms with E-state index in [0.29, 0.717) is 5.56 Å². The molecule has 1 N–H and O–H groups in total. The van der Waals surface area contributed by atoms with Crippen LogP contribution in [-0.4, -0.2) is 33.7 Å². The first-order chi connectivity index (χ1) is 8.49. The molecule has 18 heavy (non-hydrogen) atoms. The molecule has 1 aliphatic heterocycles. The first kappa shape index (κ1) is 12.9. The van der Waals surface area contributed by atoms with Crippen LogP contribution in [0.15, 0.2) is 24.3 Å². The summed E-state index contributed by atoms with van der Waals surface area (Å²) >= 11 is 4.19. The van der Waals surface area contributed by atoms with Crippen molar-refractivity contribution < 1.29 is 19.1 Å². The van der Waals surface area contributed by atoms with E-state index in [9.17, 15) is 19.1 Å². The molecule has 2 rings (SSSR count). The maximum Gasteiger partial charge on any atom is 0.331 e. The largest absolute Gasteiger partial charge is 0.479 e. The maximum atomic E-state index is 12.8. The number of halogens is 1. The molecule has 1 aromatic carbocycles. The fourth-order valence-corrected chi connectivity index (χ4v) is 2.39. The molecule has 4 nitrogen and oxygen atoms in total. The van der Waals surface area contributed by atoms with E-state index in [4.69, 9.17) is 0 Å². The van der Waals surface area contributed by atoms with Crippen LogP contribution in [0.3, 0.4) is 0 Å². The number of carboxylic acid groups (broad SMARTS) is 1. The third-order valence-corrected chi connectivity index (χ3v) is 3.22. The van der Waals surface area contributed by atoms with Crippen molar-refractivity contribution in [3.8, 4) is 0 Å². The smallest absolute Gasteiger partial charge is 0.331 e. The van der Waals surface area contributed by atoms with Crippen LogP contribution in [0.5, 0.6) is 0 Å². The van der Waals surface area contributed by atoms with Gasteiger partial charge in [0.2, 0.25) is 5.91 Å². The fraction of sp³-hybridized carbons (Fsp3) is 0.333. The Balaban J connectivity index is 2.32. The Bertz CT molecular complexity index is 477. The summed E-state index contributed by atoms with van der Waals surface area (Å²) in [5, 5.41) is 9.09. The summed E-state index contributed by atoms with van der Waals surface area (Å²) in [7, 11) is 0. The van der Waals surface area contributed by atoms with Crippen molar-refractivity contribution in [3.05, 3.63) is 35.6 Å². The molecule has 1 saturated heterocycles. The highest BCUT2D eigenvalue weighted by Crippen LogP contribution is 2.28. The number of carbonyl (C=O) groups is 2. The lowest BCUT2D eigenvalue weighted by Crippen LogP contribution is -2.35. The van der Waals surface area contributed by atoms with Gasteiger partial charge in [-0.2, -0.15) is 12.6 Å². The van der Waals surface area contributed by atoms with E-state index < -0.39 is 17.8 Å². The van der Waals surface area contributed by atoms with Gasteiger partial charge in [-0.15, -0.1) is 0 Å². The van der Waals surface area contributed by atoms with Gasteiger partial charge < -0.3 is 10.0 Å². The average molecular weight is 269 g/mol. The lowest BCUT2D eigenvalue weighted by Gasteiger charge is -2.24. The Morgan fingerprint density at radius 1 is 1.44 bits per heavy atom. The second kappa shape index (κ2) is 4.97. The fourth-order valence-electron chi connectivity index (χ4n) is 2.06. The predicted molar refractivity (Wildman–Crippen MR) is 65.9 cm³/mol. The van der Waals surface area contributed by atoms with Crippen LogP contribution in [-0.2, 0) is 9.59 Å². The normalized spacial score (nSPS) is 21.1. The molecule has 0 bridgehead atoms. The Kier molecular flexibility index (Phi) is 3.56.